The summed E-state index contributed by atoms with van der Waals surface area (Å²) in [5.41, 5.74) is 7.71. The number of H-pyrrole nitrogens is 1. The van der Waals surface area contributed by atoms with Gasteiger partial charge in [-0.2, -0.15) is 10.2 Å². The number of nitrogens with one attached hydrogen (secondary N) is 2. The van der Waals surface area contributed by atoms with Crippen molar-refractivity contribution in [1.82, 2.24) is 25.0 Å². The highest BCUT2D eigenvalue weighted by atomic mass is 15.3. The van der Waals surface area contributed by atoms with Crippen molar-refractivity contribution < 1.29 is 0 Å². The van der Waals surface area contributed by atoms with Crippen molar-refractivity contribution >= 4 is 11.5 Å². The van der Waals surface area contributed by atoms with Gasteiger partial charge < -0.3 is 11.1 Å². The molecule has 2 heterocycles. The van der Waals surface area contributed by atoms with Crippen molar-refractivity contribution in [2.45, 2.75) is 26.2 Å². The molecule has 0 aliphatic rings. The minimum absolute atomic E-state index is 0.750. The van der Waals surface area contributed by atoms with Gasteiger partial charge in [-0.25, -0.2) is 4.98 Å². The molecule has 18 heavy (non-hydrogen) atoms. The van der Waals surface area contributed by atoms with Gasteiger partial charge in [-0.3, -0.25) is 9.78 Å². The van der Waals surface area contributed by atoms with Crippen LogP contribution in [0.4, 0.5) is 11.5 Å². The Balaban J connectivity index is 1.85. The van der Waals surface area contributed by atoms with Gasteiger partial charge in [0.25, 0.3) is 0 Å². The van der Waals surface area contributed by atoms with E-state index in [0.717, 1.165) is 48.8 Å². The summed E-state index contributed by atoms with van der Waals surface area (Å²) < 4.78 is 1.79. The number of hydrogen-bond acceptors (Lipinski definition) is 5. The topological polar surface area (TPSA) is 97.4 Å². The van der Waals surface area contributed by atoms with E-state index in [9.17, 15) is 0 Å². The van der Waals surface area contributed by atoms with E-state index in [2.05, 4.69) is 25.6 Å². The molecule has 2 aromatic rings. The first-order valence-electron chi connectivity index (χ1n) is 6.11. The maximum absolute atomic E-state index is 6.02. The second kappa shape index (κ2) is 5.52. The van der Waals surface area contributed by atoms with Crippen LogP contribution < -0.4 is 11.1 Å². The highest BCUT2D eigenvalue weighted by Crippen LogP contribution is 2.21. The molecule has 98 valence electrons. The zero-order valence-electron chi connectivity index (χ0n) is 10.8. The molecule has 0 amide bonds. The van der Waals surface area contributed by atoms with Crippen molar-refractivity contribution in [2.24, 2.45) is 7.05 Å². The minimum atomic E-state index is 0.750. The number of rotatable bonds is 6. The molecule has 2 rings (SSSR count). The van der Waals surface area contributed by atoms with Crippen LogP contribution in [0.25, 0.3) is 0 Å². The maximum Gasteiger partial charge on any atom is 0.147 e. The van der Waals surface area contributed by atoms with Gasteiger partial charge in [0.05, 0.1) is 11.4 Å². The number of aryl methyl sites for hydroxylation is 3. The predicted octanol–water partition coefficient (Wildman–Crippen LogP) is 0.728. The second-order valence-corrected chi connectivity index (χ2v) is 4.15. The Kier molecular flexibility index (Phi) is 3.81. The van der Waals surface area contributed by atoms with E-state index in [0.29, 0.717) is 0 Å². The lowest BCUT2D eigenvalue weighted by atomic mass is 10.2. The lowest BCUT2D eigenvalue weighted by Gasteiger charge is -2.06. The van der Waals surface area contributed by atoms with E-state index >= 15 is 0 Å². The number of nitrogens with zero attached hydrogens (tertiary/aromatic N) is 4. The highest BCUT2D eigenvalue weighted by molar-refractivity contribution is 5.64. The predicted molar refractivity (Wildman–Crippen MR) is 70.2 cm³/mol. The van der Waals surface area contributed by atoms with Crippen LogP contribution in [0.2, 0.25) is 0 Å². The molecule has 0 spiro atoms. The van der Waals surface area contributed by atoms with Crippen LogP contribution in [0.3, 0.4) is 0 Å². The van der Waals surface area contributed by atoms with E-state index < -0.39 is 0 Å². The molecular formula is C11H19N7. The van der Waals surface area contributed by atoms with E-state index in [-0.39, 0.29) is 0 Å². The molecule has 7 nitrogen and oxygen atoms in total. The molecule has 2 aromatic heterocycles. The molecular weight excluding hydrogens is 230 g/mol. The standard InChI is InChI=1S/C11H19N7/c1-3-8-10(12)11(18(2)17-8)13-6-4-5-9-14-7-15-16-9/h7,13H,3-6,12H2,1-2H3,(H,14,15,16). The first-order chi connectivity index (χ1) is 8.72. The van der Waals surface area contributed by atoms with Gasteiger partial charge in [-0.05, 0) is 12.8 Å². The van der Waals surface area contributed by atoms with Gasteiger partial charge in [-0.1, -0.05) is 6.92 Å². The Morgan fingerprint density at radius 2 is 2.33 bits per heavy atom. The summed E-state index contributed by atoms with van der Waals surface area (Å²) in [4.78, 5) is 4.08. The van der Waals surface area contributed by atoms with E-state index in [1.807, 2.05) is 14.0 Å². The molecule has 0 aromatic carbocycles. The maximum atomic E-state index is 6.02. The molecule has 0 aliphatic carbocycles. The van der Waals surface area contributed by atoms with Gasteiger partial charge >= 0.3 is 0 Å². The van der Waals surface area contributed by atoms with E-state index in [4.69, 9.17) is 5.73 Å². The van der Waals surface area contributed by atoms with Crippen LogP contribution in [0.15, 0.2) is 6.33 Å². The van der Waals surface area contributed by atoms with Crippen LogP contribution in [-0.4, -0.2) is 31.5 Å². The number of aromatic amines is 1. The number of nitrogen functional groups attached to an aromatic ring is 1. The highest BCUT2D eigenvalue weighted by Gasteiger charge is 2.10. The molecule has 0 bridgehead atoms. The lowest BCUT2D eigenvalue weighted by Crippen LogP contribution is -2.09. The Hall–Kier alpha value is -2.05. The fourth-order valence-electron chi connectivity index (χ4n) is 1.88. The number of anilines is 2. The SMILES string of the molecule is CCc1nn(C)c(NCCCc2ncn[nH]2)c1N. The molecule has 0 aliphatic heterocycles. The third-order valence-electron chi connectivity index (χ3n) is 2.84. The van der Waals surface area contributed by atoms with Gasteiger partial charge in [-0.15, -0.1) is 0 Å². The Morgan fingerprint density at radius 1 is 1.50 bits per heavy atom. The first kappa shape index (κ1) is 12.4. The van der Waals surface area contributed by atoms with Gasteiger partial charge in [0.2, 0.25) is 0 Å². The van der Waals surface area contributed by atoms with Crippen molar-refractivity contribution in [2.75, 3.05) is 17.6 Å². The summed E-state index contributed by atoms with van der Waals surface area (Å²) in [5, 5.41) is 14.3. The molecule has 0 saturated carbocycles. The number of hydrogen-bond donors (Lipinski definition) is 3. The third kappa shape index (κ3) is 2.61. The van der Waals surface area contributed by atoms with Gasteiger partial charge in [0.15, 0.2) is 0 Å². The molecule has 7 heteroatoms. The Labute approximate surface area is 106 Å². The zero-order chi connectivity index (χ0) is 13.0. The van der Waals surface area contributed by atoms with Crippen LogP contribution >= 0.6 is 0 Å². The van der Waals surface area contributed by atoms with Crippen LogP contribution in [0.1, 0.15) is 24.9 Å². The number of nitrogens with two attached hydrogens (primary N) is 1. The van der Waals surface area contributed by atoms with E-state index in [1.165, 1.54) is 6.33 Å². The monoisotopic (exact) mass is 249 g/mol. The van der Waals surface area contributed by atoms with Crippen molar-refractivity contribution in [3.05, 3.63) is 17.8 Å². The zero-order valence-corrected chi connectivity index (χ0v) is 10.8. The van der Waals surface area contributed by atoms with Gasteiger partial charge in [0.1, 0.15) is 18.0 Å². The van der Waals surface area contributed by atoms with Crippen molar-refractivity contribution in [3.8, 4) is 0 Å². The fourth-order valence-corrected chi connectivity index (χ4v) is 1.88. The average molecular weight is 249 g/mol. The fraction of sp³-hybridized carbons (Fsp3) is 0.545. The minimum Gasteiger partial charge on any atom is -0.394 e. The first-order valence-corrected chi connectivity index (χ1v) is 6.11. The summed E-state index contributed by atoms with van der Waals surface area (Å²) >= 11 is 0. The smallest absolute Gasteiger partial charge is 0.147 e. The van der Waals surface area contributed by atoms with Crippen LogP contribution in [0, 0.1) is 0 Å². The van der Waals surface area contributed by atoms with Crippen LogP contribution in [-0.2, 0) is 19.9 Å². The van der Waals surface area contributed by atoms with E-state index in [1.54, 1.807) is 4.68 Å². The Morgan fingerprint density at radius 3 is 2.94 bits per heavy atom. The summed E-state index contributed by atoms with van der Waals surface area (Å²) in [7, 11) is 1.90. The quantitative estimate of drug-likeness (QED) is 0.656. The summed E-state index contributed by atoms with van der Waals surface area (Å²) in [5.74, 6) is 1.80. The summed E-state index contributed by atoms with van der Waals surface area (Å²) in [6.07, 6.45) is 4.20. The largest absolute Gasteiger partial charge is 0.394 e. The molecule has 0 unspecified atom stereocenters. The summed E-state index contributed by atoms with van der Waals surface area (Å²) in [6.45, 7) is 2.87. The van der Waals surface area contributed by atoms with Gasteiger partial charge in [0, 0.05) is 20.0 Å². The average Bonchev–Trinajstić information content (AvgIpc) is 2.96. The lowest BCUT2D eigenvalue weighted by molar-refractivity contribution is 0.738. The van der Waals surface area contributed by atoms with Crippen molar-refractivity contribution in [3.63, 3.8) is 0 Å². The number of aromatic nitrogens is 5. The molecule has 0 atom stereocenters. The normalized spacial score (nSPS) is 10.8. The summed E-state index contributed by atoms with van der Waals surface area (Å²) in [6, 6.07) is 0. The van der Waals surface area contributed by atoms with Crippen molar-refractivity contribution in [1.29, 1.82) is 0 Å². The van der Waals surface area contributed by atoms with Crippen LogP contribution in [0.5, 0.6) is 0 Å². The molecule has 0 saturated heterocycles. The second-order valence-electron chi connectivity index (χ2n) is 4.15. The Bertz CT molecular complexity index is 486. The molecule has 0 radical (unpaired) electrons. The third-order valence-corrected chi connectivity index (χ3v) is 2.84. The molecule has 4 N–H and O–H groups in total. The molecule has 0 fully saturated rings.